The summed E-state index contributed by atoms with van der Waals surface area (Å²) < 4.78 is 12.2. The normalized spacial score (nSPS) is 12.1. The average molecular weight is 311 g/mol. The van der Waals surface area contributed by atoms with Crippen molar-refractivity contribution in [3.8, 4) is 0 Å². The van der Waals surface area contributed by atoms with Crippen LogP contribution in [0.5, 0.6) is 0 Å². The Morgan fingerprint density at radius 1 is 1.20 bits per heavy atom. The van der Waals surface area contributed by atoms with Crippen molar-refractivity contribution in [3.05, 3.63) is 63.2 Å². The van der Waals surface area contributed by atoms with E-state index in [0.717, 1.165) is 0 Å². The number of hydrogen-bond acceptors (Lipinski definition) is 4. The summed E-state index contributed by atoms with van der Waals surface area (Å²) in [6, 6.07) is 10.8. The molecule has 0 spiro atoms. The van der Waals surface area contributed by atoms with Crippen molar-refractivity contribution >= 4 is 33.8 Å². The predicted octanol–water partition coefficient (Wildman–Crippen LogP) is 3.14. The molecule has 0 saturated carbocycles. The third kappa shape index (κ3) is 3.34. The van der Waals surface area contributed by atoms with E-state index in [2.05, 4.69) is 0 Å². The van der Waals surface area contributed by atoms with Crippen LogP contribution in [0.15, 0.2) is 47.4 Å². The zero-order valence-corrected chi connectivity index (χ0v) is 11.9. The smallest absolute Gasteiger partial charge is 0.270 e. The molecule has 2 aromatic rings. The van der Waals surface area contributed by atoms with E-state index in [9.17, 15) is 14.3 Å². The second kappa shape index (κ2) is 6.02. The van der Waals surface area contributed by atoms with Gasteiger partial charge >= 0.3 is 0 Å². The largest absolute Gasteiger partial charge is 0.399 e. The van der Waals surface area contributed by atoms with Gasteiger partial charge in [0.05, 0.1) is 26.5 Å². The topological polar surface area (TPSA) is 86.2 Å². The van der Waals surface area contributed by atoms with E-state index in [4.69, 9.17) is 17.3 Å². The predicted molar refractivity (Wildman–Crippen MR) is 79.1 cm³/mol. The van der Waals surface area contributed by atoms with Crippen molar-refractivity contribution < 1.29 is 9.13 Å². The van der Waals surface area contributed by atoms with Crippen LogP contribution >= 0.6 is 11.6 Å². The maximum Gasteiger partial charge on any atom is 0.270 e. The fraction of sp³-hybridized carbons (Fsp3) is 0.0769. The fourth-order valence-electron chi connectivity index (χ4n) is 1.61. The van der Waals surface area contributed by atoms with Crippen LogP contribution in [0.1, 0.15) is 5.56 Å². The third-order valence-corrected chi connectivity index (χ3v) is 4.40. The molecule has 0 aliphatic carbocycles. The Morgan fingerprint density at radius 3 is 2.40 bits per heavy atom. The summed E-state index contributed by atoms with van der Waals surface area (Å²) in [6.45, 7) is 0. The minimum atomic E-state index is -1.28. The lowest BCUT2D eigenvalue weighted by Gasteiger charge is -2.05. The Labute approximate surface area is 123 Å². The summed E-state index contributed by atoms with van der Waals surface area (Å²) in [5.41, 5.74) is 6.68. The van der Waals surface area contributed by atoms with Crippen LogP contribution in [0.3, 0.4) is 0 Å². The van der Waals surface area contributed by atoms with E-state index < -0.39 is 15.7 Å². The van der Waals surface area contributed by atoms with Crippen molar-refractivity contribution in [2.75, 3.05) is 5.73 Å². The molecule has 0 heterocycles. The first-order valence-electron chi connectivity index (χ1n) is 5.64. The highest BCUT2D eigenvalue weighted by Gasteiger charge is 2.12. The first-order chi connectivity index (χ1) is 9.47. The molecule has 2 aromatic carbocycles. The number of nitrogen functional groups attached to an aromatic ring is 1. The Hall–Kier alpha value is -1.92. The molecule has 0 aliphatic heterocycles. The number of hydrogen-bond donors (Lipinski definition) is 1. The first kappa shape index (κ1) is 14.5. The maximum atomic E-state index is 12.2. The minimum Gasteiger partial charge on any atom is -0.399 e. The van der Waals surface area contributed by atoms with Crippen LogP contribution in [-0.4, -0.2) is 9.13 Å². The number of non-ortho nitro benzene ring substituents is 1. The van der Waals surface area contributed by atoms with Crippen LogP contribution in [0.4, 0.5) is 11.4 Å². The summed E-state index contributed by atoms with van der Waals surface area (Å²) >= 11 is 5.97. The summed E-state index contributed by atoms with van der Waals surface area (Å²) in [5.74, 6) is 0.195. The molecule has 5 nitrogen and oxygen atoms in total. The van der Waals surface area contributed by atoms with E-state index in [1.807, 2.05) is 0 Å². The molecule has 0 aliphatic rings. The molecule has 7 heteroatoms. The zero-order chi connectivity index (χ0) is 14.7. The molecule has 0 radical (unpaired) electrons. The van der Waals surface area contributed by atoms with Crippen LogP contribution in [0.2, 0.25) is 5.02 Å². The van der Waals surface area contributed by atoms with Crippen LogP contribution < -0.4 is 5.73 Å². The Kier molecular flexibility index (Phi) is 4.36. The highest BCUT2D eigenvalue weighted by atomic mass is 35.5. The molecule has 0 bridgehead atoms. The molecular weight excluding hydrogens is 300 g/mol. The highest BCUT2D eigenvalue weighted by Crippen LogP contribution is 2.25. The molecule has 20 heavy (non-hydrogen) atoms. The van der Waals surface area contributed by atoms with E-state index in [1.165, 1.54) is 18.2 Å². The van der Waals surface area contributed by atoms with Gasteiger partial charge in [-0.25, -0.2) is 0 Å². The van der Waals surface area contributed by atoms with Crippen molar-refractivity contribution in [1.82, 2.24) is 0 Å². The number of anilines is 1. The number of halogens is 1. The van der Waals surface area contributed by atoms with Gasteiger partial charge in [0.25, 0.3) is 5.69 Å². The van der Waals surface area contributed by atoms with Gasteiger partial charge in [0, 0.05) is 22.7 Å². The van der Waals surface area contributed by atoms with Crippen LogP contribution in [-0.2, 0) is 16.6 Å². The van der Waals surface area contributed by atoms with Gasteiger partial charge in [0.1, 0.15) is 0 Å². The molecular formula is C13H11ClN2O3S. The van der Waals surface area contributed by atoms with Crippen molar-refractivity contribution in [2.24, 2.45) is 0 Å². The second-order valence-corrected chi connectivity index (χ2v) is 5.95. The van der Waals surface area contributed by atoms with Crippen molar-refractivity contribution in [1.29, 1.82) is 0 Å². The lowest BCUT2D eigenvalue weighted by molar-refractivity contribution is -0.384. The van der Waals surface area contributed by atoms with Gasteiger partial charge < -0.3 is 5.73 Å². The monoisotopic (exact) mass is 310 g/mol. The zero-order valence-electron chi connectivity index (χ0n) is 10.3. The number of benzene rings is 2. The van der Waals surface area contributed by atoms with Crippen molar-refractivity contribution in [3.63, 3.8) is 0 Å². The molecule has 0 saturated heterocycles. The molecule has 1 unspecified atom stereocenters. The van der Waals surface area contributed by atoms with E-state index in [-0.39, 0.29) is 16.5 Å². The Balaban J connectivity index is 2.19. The number of nitro benzene ring substituents is 1. The van der Waals surface area contributed by atoms with Gasteiger partial charge in [0.15, 0.2) is 0 Å². The lowest BCUT2D eigenvalue weighted by atomic mass is 10.2. The molecule has 2 N–H and O–H groups in total. The fourth-order valence-corrected chi connectivity index (χ4v) is 3.07. The summed E-state index contributed by atoms with van der Waals surface area (Å²) in [5, 5.41) is 10.9. The van der Waals surface area contributed by atoms with Gasteiger partial charge in [0.2, 0.25) is 0 Å². The van der Waals surface area contributed by atoms with Gasteiger partial charge in [-0.2, -0.15) is 0 Å². The van der Waals surface area contributed by atoms with Gasteiger partial charge in [-0.1, -0.05) is 11.6 Å². The molecule has 0 amide bonds. The second-order valence-electron chi connectivity index (χ2n) is 4.09. The molecule has 104 valence electrons. The standard InChI is InChI=1S/C13H11ClN2O3S/c14-13-7-11(16(17)18)4-1-9(13)8-20(19)12-5-2-10(15)3-6-12/h1-7H,8,15H2. The van der Waals surface area contributed by atoms with Gasteiger partial charge in [-0.05, 0) is 35.9 Å². The lowest BCUT2D eigenvalue weighted by Crippen LogP contribution is -1.98. The molecule has 0 fully saturated rings. The van der Waals surface area contributed by atoms with Gasteiger partial charge in [-0.15, -0.1) is 0 Å². The van der Waals surface area contributed by atoms with Crippen LogP contribution in [0, 0.1) is 10.1 Å². The summed E-state index contributed by atoms with van der Waals surface area (Å²) in [7, 11) is -1.28. The number of nitrogens with zero attached hydrogens (tertiary/aromatic N) is 1. The number of rotatable bonds is 4. The summed E-state index contributed by atoms with van der Waals surface area (Å²) in [4.78, 5) is 10.7. The Morgan fingerprint density at radius 2 is 1.85 bits per heavy atom. The molecule has 1 atom stereocenters. The van der Waals surface area contributed by atoms with Crippen molar-refractivity contribution in [2.45, 2.75) is 10.6 Å². The maximum absolute atomic E-state index is 12.2. The number of nitrogens with two attached hydrogens (primary N) is 1. The van der Waals surface area contributed by atoms with Gasteiger partial charge in [-0.3, -0.25) is 14.3 Å². The van der Waals surface area contributed by atoms with E-state index in [1.54, 1.807) is 24.3 Å². The average Bonchev–Trinajstić information content (AvgIpc) is 2.41. The summed E-state index contributed by atoms with van der Waals surface area (Å²) in [6.07, 6.45) is 0. The Bertz CT molecular complexity index is 674. The molecule has 2 rings (SSSR count). The highest BCUT2D eigenvalue weighted by molar-refractivity contribution is 7.84. The third-order valence-electron chi connectivity index (χ3n) is 2.68. The SMILES string of the molecule is Nc1ccc(S(=O)Cc2ccc([N+](=O)[O-])cc2Cl)cc1. The first-order valence-corrected chi connectivity index (χ1v) is 7.34. The molecule has 0 aromatic heterocycles. The minimum absolute atomic E-state index is 0.0861. The quantitative estimate of drug-likeness (QED) is 0.534. The van der Waals surface area contributed by atoms with Crippen LogP contribution in [0.25, 0.3) is 0 Å². The van der Waals surface area contributed by atoms with E-state index in [0.29, 0.717) is 16.1 Å². The number of nitro groups is 1. The van der Waals surface area contributed by atoms with E-state index >= 15 is 0 Å².